The molecule has 1 heterocycles. The number of sulfonamides is 1. The standard InChI is InChI=1S/C13H20N2O3S/c1-11(2)19(17,18)15-9-7-14(8-10-15)12-5-3-4-6-13(12)16/h3-6,11,16H,7-10H2,1-2H3. The van der Waals surface area contributed by atoms with Crippen LogP contribution in [0.4, 0.5) is 5.69 Å². The lowest BCUT2D eigenvalue weighted by Gasteiger charge is -2.36. The van der Waals surface area contributed by atoms with E-state index in [2.05, 4.69) is 0 Å². The molecule has 5 nitrogen and oxygen atoms in total. The van der Waals surface area contributed by atoms with Gasteiger partial charge in [-0.05, 0) is 26.0 Å². The Morgan fingerprint density at radius 3 is 2.21 bits per heavy atom. The van der Waals surface area contributed by atoms with Crippen LogP contribution in [-0.2, 0) is 10.0 Å². The lowest BCUT2D eigenvalue weighted by molar-refractivity contribution is 0.378. The first kappa shape index (κ1) is 14.1. The highest BCUT2D eigenvalue weighted by molar-refractivity contribution is 7.89. The van der Waals surface area contributed by atoms with Gasteiger partial charge in [0, 0.05) is 26.2 Å². The highest BCUT2D eigenvalue weighted by Gasteiger charge is 2.29. The van der Waals surface area contributed by atoms with Crippen LogP contribution in [0.3, 0.4) is 0 Å². The maximum Gasteiger partial charge on any atom is 0.216 e. The number of hydrogen-bond donors (Lipinski definition) is 1. The number of hydrogen-bond acceptors (Lipinski definition) is 4. The first-order chi connectivity index (χ1) is 8.93. The first-order valence-corrected chi connectivity index (χ1v) is 7.95. The van der Waals surface area contributed by atoms with Crippen LogP contribution < -0.4 is 4.90 Å². The lowest BCUT2D eigenvalue weighted by atomic mass is 10.2. The Bertz CT molecular complexity index is 535. The van der Waals surface area contributed by atoms with Crippen molar-refractivity contribution >= 4 is 15.7 Å². The third-order valence-electron chi connectivity index (χ3n) is 3.42. The van der Waals surface area contributed by atoms with E-state index in [1.165, 1.54) is 4.31 Å². The van der Waals surface area contributed by atoms with Crippen LogP contribution >= 0.6 is 0 Å². The van der Waals surface area contributed by atoms with Crippen LogP contribution in [-0.4, -0.2) is 49.3 Å². The molecule has 0 saturated carbocycles. The molecule has 1 aliphatic heterocycles. The molecule has 0 amide bonds. The predicted molar refractivity (Wildman–Crippen MR) is 75.9 cm³/mol. The van der Waals surface area contributed by atoms with Crippen molar-refractivity contribution in [2.24, 2.45) is 0 Å². The quantitative estimate of drug-likeness (QED) is 0.907. The highest BCUT2D eigenvalue weighted by atomic mass is 32.2. The summed E-state index contributed by atoms with van der Waals surface area (Å²) in [4.78, 5) is 2.02. The molecule has 0 unspecified atom stereocenters. The van der Waals surface area contributed by atoms with E-state index in [0.29, 0.717) is 26.2 Å². The van der Waals surface area contributed by atoms with Crippen LogP contribution in [0.15, 0.2) is 24.3 Å². The summed E-state index contributed by atoms with van der Waals surface area (Å²) in [7, 11) is -3.17. The van der Waals surface area contributed by atoms with E-state index in [0.717, 1.165) is 5.69 Å². The topological polar surface area (TPSA) is 60.9 Å². The molecular formula is C13H20N2O3S. The molecule has 1 aromatic carbocycles. The number of nitrogens with zero attached hydrogens (tertiary/aromatic N) is 2. The van der Waals surface area contributed by atoms with Gasteiger partial charge in [-0.3, -0.25) is 0 Å². The van der Waals surface area contributed by atoms with Gasteiger partial charge in [0.1, 0.15) is 5.75 Å². The number of aromatic hydroxyl groups is 1. The minimum atomic E-state index is -3.17. The first-order valence-electron chi connectivity index (χ1n) is 6.45. The van der Waals surface area contributed by atoms with Crippen molar-refractivity contribution in [2.75, 3.05) is 31.1 Å². The molecule has 1 fully saturated rings. The molecule has 0 aromatic heterocycles. The minimum absolute atomic E-state index is 0.239. The average molecular weight is 284 g/mol. The molecule has 19 heavy (non-hydrogen) atoms. The second kappa shape index (κ2) is 5.38. The number of rotatable bonds is 3. The fourth-order valence-electron chi connectivity index (χ4n) is 2.21. The minimum Gasteiger partial charge on any atom is -0.506 e. The van der Waals surface area contributed by atoms with Gasteiger partial charge in [-0.1, -0.05) is 12.1 Å². The molecule has 2 rings (SSSR count). The zero-order chi connectivity index (χ0) is 14.0. The molecular weight excluding hydrogens is 264 g/mol. The highest BCUT2D eigenvalue weighted by Crippen LogP contribution is 2.27. The van der Waals surface area contributed by atoms with Crippen LogP contribution in [0.1, 0.15) is 13.8 Å². The Morgan fingerprint density at radius 2 is 1.68 bits per heavy atom. The van der Waals surface area contributed by atoms with Crippen molar-refractivity contribution in [1.29, 1.82) is 0 Å². The van der Waals surface area contributed by atoms with Gasteiger partial charge in [-0.2, -0.15) is 4.31 Å². The van der Waals surface area contributed by atoms with E-state index in [1.54, 1.807) is 26.0 Å². The molecule has 1 aliphatic rings. The van der Waals surface area contributed by atoms with E-state index >= 15 is 0 Å². The normalized spacial score (nSPS) is 17.9. The second-order valence-corrected chi connectivity index (χ2v) is 7.46. The van der Waals surface area contributed by atoms with E-state index in [9.17, 15) is 13.5 Å². The van der Waals surface area contributed by atoms with Gasteiger partial charge in [0.05, 0.1) is 10.9 Å². The molecule has 0 aliphatic carbocycles. The van der Waals surface area contributed by atoms with Crippen LogP contribution in [0.5, 0.6) is 5.75 Å². The summed E-state index contributed by atoms with van der Waals surface area (Å²) in [5.41, 5.74) is 0.768. The molecule has 106 valence electrons. The van der Waals surface area contributed by atoms with Gasteiger partial charge in [0.25, 0.3) is 0 Å². The summed E-state index contributed by atoms with van der Waals surface area (Å²) in [6.07, 6.45) is 0. The number of benzene rings is 1. The largest absolute Gasteiger partial charge is 0.506 e. The molecule has 1 N–H and O–H groups in total. The molecule has 0 atom stereocenters. The average Bonchev–Trinajstić information content (AvgIpc) is 2.39. The Kier molecular flexibility index (Phi) is 4.01. The van der Waals surface area contributed by atoms with Gasteiger partial charge < -0.3 is 10.0 Å². The SMILES string of the molecule is CC(C)S(=O)(=O)N1CCN(c2ccccc2O)CC1. The summed E-state index contributed by atoms with van der Waals surface area (Å²) in [5, 5.41) is 9.42. The third kappa shape index (κ3) is 2.84. The summed E-state index contributed by atoms with van der Waals surface area (Å²) < 4.78 is 25.6. The van der Waals surface area contributed by atoms with Gasteiger partial charge in [0.15, 0.2) is 0 Å². The monoisotopic (exact) mass is 284 g/mol. The summed E-state index contributed by atoms with van der Waals surface area (Å²) in [6, 6.07) is 7.14. The number of para-hydroxylation sites is 2. The van der Waals surface area contributed by atoms with E-state index in [1.807, 2.05) is 17.0 Å². The Labute approximate surface area is 114 Å². The third-order valence-corrected chi connectivity index (χ3v) is 5.69. The number of anilines is 1. The molecule has 6 heteroatoms. The number of phenols is 1. The van der Waals surface area contributed by atoms with Gasteiger partial charge in [-0.25, -0.2) is 8.42 Å². The van der Waals surface area contributed by atoms with Gasteiger partial charge >= 0.3 is 0 Å². The maximum absolute atomic E-state index is 12.1. The fraction of sp³-hybridized carbons (Fsp3) is 0.538. The van der Waals surface area contributed by atoms with Gasteiger partial charge in [0.2, 0.25) is 10.0 Å². The Balaban J connectivity index is 2.06. The van der Waals surface area contributed by atoms with Crippen LogP contribution in [0.2, 0.25) is 0 Å². The smallest absolute Gasteiger partial charge is 0.216 e. The predicted octanol–water partition coefficient (Wildman–Crippen LogP) is 1.25. The molecule has 1 saturated heterocycles. The van der Waals surface area contributed by atoms with Crippen LogP contribution in [0, 0.1) is 0 Å². The lowest BCUT2D eigenvalue weighted by Crippen LogP contribution is -2.50. The zero-order valence-corrected chi connectivity index (χ0v) is 12.1. The van der Waals surface area contributed by atoms with Crippen molar-refractivity contribution in [2.45, 2.75) is 19.1 Å². The Morgan fingerprint density at radius 1 is 1.11 bits per heavy atom. The second-order valence-electron chi connectivity index (χ2n) is 4.97. The van der Waals surface area contributed by atoms with Gasteiger partial charge in [-0.15, -0.1) is 0 Å². The van der Waals surface area contributed by atoms with Crippen molar-refractivity contribution < 1.29 is 13.5 Å². The van der Waals surface area contributed by atoms with Crippen molar-refractivity contribution in [3.05, 3.63) is 24.3 Å². The summed E-state index contributed by atoms with van der Waals surface area (Å²) in [6.45, 7) is 5.53. The molecule has 0 radical (unpaired) electrons. The summed E-state index contributed by atoms with van der Waals surface area (Å²) in [5.74, 6) is 0.239. The maximum atomic E-state index is 12.1. The van der Waals surface area contributed by atoms with Crippen molar-refractivity contribution in [3.63, 3.8) is 0 Å². The molecule has 1 aromatic rings. The zero-order valence-electron chi connectivity index (χ0n) is 11.3. The van der Waals surface area contributed by atoms with E-state index in [4.69, 9.17) is 0 Å². The molecule has 0 spiro atoms. The molecule has 0 bridgehead atoms. The van der Waals surface area contributed by atoms with Crippen LogP contribution in [0.25, 0.3) is 0 Å². The van der Waals surface area contributed by atoms with E-state index < -0.39 is 10.0 Å². The van der Waals surface area contributed by atoms with Crippen molar-refractivity contribution in [3.8, 4) is 5.75 Å². The number of phenolic OH excluding ortho intramolecular Hbond substituents is 1. The number of piperazine rings is 1. The van der Waals surface area contributed by atoms with Crippen molar-refractivity contribution in [1.82, 2.24) is 4.31 Å². The fourth-order valence-corrected chi connectivity index (χ4v) is 3.48. The Hall–Kier alpha value is -1.27. The summed E-state index contributed by atoms with van der Waals surface area (Å²) >= 11 is 0. The van der Waals surface area contributed by atoms with E-state index in [-0.39, 0.29) is 11.0 Å².